The predicted octanol–water partition coefficient (Wildman–Crippen LogP) is 2.94. The van der Waals surface area contributed by atoms with E-state index >= 15 is 0 Å². The SMILES string of the molecule is CC(C)[C@@H]1NC(=O)CN(C(=O)c2ccccn2)CCNC(=O)c2coc(n2)[C@H](Cc2ccccc2)NC(=O)c2csc1n2. The Bertz CT molecular complexity index is 1590. The molecule has 43 heavy (non-hydrogen) atoms. The van der Waals surface area contributed by atoms with E-state index in [9.17, 15) is 19.2 Å². The van der Waals surface area contributed by atoms with Crippen LogP contribution in [-0.2, 0) is 11.2 Å². The highest BCUT2D eigenvalue weighted by Gasteiger charge is 2.28. The highest BCUT2D eigenvalue weighted by Crippen LogP contribution is 2.26. The molecule has 4 bridgehead atoms. The Hall–Kier alpha value is -4.91. The molecule has 5 rings (SSSR count). The molecule has 0 unspecified atom stereocenters. The molecule has 2 atom stereocenters. The summed E-state index contributed by atoms with van der Waals surface area (Å²) < 4.78 is 5.67. The number of hydrogen-bond acceptors (Lipinski definition) is 9. The Labute approximate surface area is 251 Å². The second kappa shape index (κ2) is 13.4. The van der Waals surface area contributed by atoms with Gasteiger partial charge in [0.05, 0.1) is 12.6 Å². The van der Waals surface area contributed by atoms with Gasteiger partial charge < -0.3 is 25.3 Å². The number of carbonyl (C=O) groups excluding carboxylic acids is 4. The number of nitrogens with one attached hydrogen (secondary N) is 3. The number of carbonyl (C=O) groups is 4. The predicted molar refractivity (Wildman–Crippen MR) is 157 cm³/mol. The summed E-state index contributed by atoms with van der Waals surface area (Å²) in [6.07, 6.45) is 3.08. The molecule has 4 amide bonds. The summed E-state index contributed by atoms with van der Waals surface area (Å²) in [5, 5.41) is 10.8. The maximum absolute atomic E-state index is 13.4. The molecular weight excluding hydrogens is 570 g/mol. The fraction of sp³-hybridized carbons (Fsp3) is 0.300. The van der Waals surface area contributed by atoms with Crippen LogP contribution in [0.5, 0.6) is 0 Å². The van der Waals surface area contributed by atoms with Crippen molar-refractivity contribution in [3.63, 3.8) is 0 Å². The molecule has 1 aromatic carbocycles. The lowest BCUT2D eigenvalue weighted by atomic mass is 10.0. The van der Waals surface area contributed by atoms with E-state index in [0.717, 1.165) is 5.56 Å². The first kappa shape index (κ1) is 29.6. The van der Waals surface area contributed by atoms with Gasteiger partial charge in [0, 0.05) is 31.1 Å². The van der Waals surface area contributed by atoms with Gasteiger partial charge in [0.25, 0.3) is 17.7 Å². The number of thiazole rings is 1. The molecule has 3 aromatic heterocycles. The topological polar surface area (TPSA) is 159 Å². The Morgan fingerprint density at radius 2 is 1.81 bits per heavy atom. The minimum Gasteiger partial charge on any atom is -0.446 e. The van der Waals surface area contributed by atoms with Crippen LogP contribution in [0.4, 0.5) is 0 Å². The minimum atomic E-state index is -0.687. The Balaban J connectivity index is 1.47. The number of oxazole rings is 1. The summed E-state index contributed by atoms with van der Waals surface area (Å²) >= 11 is 1.26. The lowest BCUT2D eigenvalue weighted by Crippen LogP contribution is -2.45. The van der Waals surface area contributed by atoms with Crippen LogP contribution in [0.2, 0.25) is 0 Å². The van der Waals surface area contributed by atoms with E-state index in [1.165, 1.54) is 28.7 Å². The van der Waals surface area contributed by atoms with Gasteiger partial charge in [-0.15, -0.1) is 11.3 Å². The van der Waals surface area contributed by atoms with Crippen LogP contribution < -0.4 is 16.0 Å². The fourth-order valence-electron chi connectivity index (χ4n) is 4.57. The van der Waals surface area contributed by atoms with E-state index < -0.39 is 35.7 Å². The molecule has 1 aliphatic heterocycles. The van der Waals surface area contributed by atoms with Crippen molar-refractivity contribution in [2.24, 2.45) is 5.92 Å². The number of nitrogens with zero attached hydrogens (tertiary/aromatic N) is 4. The van der Waals surface area contributed by atoms with Crippen molar-refractivity contribution in [2.45, 2.75) is 32.4 Å². The Morgan fingerprint density at radius 1 is 1.02 bits per heavy atom. The summed E-state index contributed by atoms with van der Waals surface area (Å²) in [5.74, 6) is -1.75. The molecule has 222 valence electrons. The molecule has 0 saturated carbocycles. The number of pyridine rings is 1. The molecule has 13 heteroatoms. The van der Waals surface area contributed by atoms with Crippen LogP contribution >= 0.6 is 11.3 Å². The van der Waals surface area contributed by atoms with E-state index in [0.29, 0.717) is 11.4 Å². The number of hydrogen-bond donors (Lipinski definition) is 3. The maximum Gasteiger partial charge on any atom is 0.273 e. The van der Waals surface area contributed by atoms with E-state index in [-0.39, 0.29) is 48.5 Å². The molecule has 0 spiro atoms. The van der Waals surface area contributed by atoms with Crippen molar-refractivity contribution in [1.29, 1.82) is 0 Å². The molecule has 1 aliphatic rings. The van der Waals surface area contributed by atoms with Crippen LogP contribution in [0.25, 0.3) is 0 Å². The quantitative estimate of drug-likeness (QED) is 0.322. The molecule has 3 N–H and O–H groups in total. The highest BCUT2D eigenvalue weighted by atomic mass is 32.1. The minimum absolute atomic E-state index is 0.0134. The summed E-state index contributed by atoms with van der Waals surface area (Å²) in [6, 6.07) is 13.3. The average molecular weight is 602 g/mol. The second-order valence-electron chi connectivity index (χ2n) is 10.3. The average Bonchev–Trinajstić information content (AvgIpc) is 3.70. The van der Waals surface area contributed by atoms with Crippen molar-refractivity contribution in [1.82, 2.24) is 35.8 Å². The van der Waals surface area contributed by atoms with Gasteiger partial charge >= 0.3 is 0 Å². The van der Waals surface area contributed by atoms with E-state index in [4.69, 9.17) is 4.42 Å². The van der Waals surface area contributed by atoms with Gasteiger partial charge in [0.2, 0.25) is 11.8 Å². The number of fused-ring (bicyclic) bond motifs is 4. The van der Waals surface area contributed by atoms with Gasteiger partial charge in [-0.25, -0.2) is 9.97 Å². The summed E-state index contributed by atoms with van der Waals surface area (Å²) in [7, 11) is 0. The van der Waals surface area contributed by atoms with Crippen LogP contribution in [0, 0.1) is 5.92 Å². The third-order valence-electron chi connectivity index (χ3n) is 6.82. The van der Waals surface area contributed by atoms with Crippen molar-refractivity contribution in [3.05, 3.63) is 99.9 Å². The molecule has 4 heterocycles. The molecular formula is C30H31N7O5S. The van der Waals surface area contributed by atoms with Crippen LogP contribution in [0.15, 0.2) is 70.8 Å². The maximum atomic E-state index is 13.4. The second-order valence-corrected chi connectivity index (χ2v) is 11.2. The van der Waals surface area contributed by atoms with Gasteiger partial charge in [-0.05, 0) is 23.6 Å². The largest absolute Gasteiger partial charge is 0.446 e. The zero-order valence-corrected chi connectivity index (χ0v) is 24.5. The first-order chi connectivity index (χ1) is 20.8. The molecule has 4 aromatic rings. The molecule has 0 aliphatic carbocycles. The Kier molecular flexibility index (Phi) is 9.20. The third-order valence-corrected chi connectivity index (χ3v) is 7.75. The van der Waals surface area contributed by atoms with Crippen LogP contribution in [0.1, 0.15) is 73.9 Å². The number of amides is 4. The monoisotopic (exact) mass is 601 g/mol. The van der Waals surface area contributed by atoms with E-state index in [1.807, 2.05) is 44.2 Å². The van der Waals surface area contributed by atoms with Gasteiger partial charge in [-0.3, -0.25) is 24.2 Å². The van der Waals surface area contributed by atoms with Gasteiger partial charge in [-0.1, -0.05) is 50.2 Å². The lowest BCUT2D eigenvalue weighted by Gasteiger charge is -2.25. The summed E-state index contributed by atoms with van der Waals surface area (Å²) in [5.41, 5.74) is 1.29. The number of rotatable bonds is 4. The van der Waals surface area contributed by atoms with Crippen molar-refractivity contribution >= 4 is 35.0 Å². The fourth-order valence-corrected chi connectivity index (χ4v) is 5.59. The van der Waals surface area contributed by atoms with E-state index in [2.05, 4.69) is 30.9 Å². The number of aromatic nitrogens is 3. The zero-order valence-electron chi connectivity index (χ0n) is 23.6. The molecule has 0 radical (unpaired) electrons. The third kappa shape index (κ3) is 7.30. The molecule has 0 saturated heterocycles. The normalized spacial score (nSPS) is 18.3. The summed E-state index contributed by atoms with van der Waals surface area (Å²) in [4.78, 5) is 67.2. The van der Waals surface area contributed by atoms with Gasteiger partial charge in [0.15, 0.2) is 5.69 Å². The number of benzene rings is 1. The van der Waals surface area contributed by atoms with Crippen LogP contribution in [-0.4, -0.2) is 63.1 Å². The van der Waals surface area contributed by atoms with Crippen molar-refractivity contribution < 1.29 is 23.6 Å². The lowest BCUT2D eigenvalue weighted by molar-refractivity contribution is -0.122. The zero-order chi connectivity index (χ0) is 30.3. The van der Waals surface area contributed by atoms with Crippen LogP contribution in [0.3, 0.4) is 0 Å². The summed E-state index contributed by atoms with van der Waals surface area (Å²) in [6.45, 7) is 3.67. The highest BCUT2D eigenvalue weighted by molar-refractivity contribution is 7.09. The molecule has 0 fully saturated rings. The van der Waals surface area contributed by atoms with Gasteiger partial charge in [-0.2, -0.15) is 0 Å². The van der Waals surface area contributed by atoms with Crippen molar-refractivity contribution in [2.75, 3.05) is 19.6 Å². The first-order valence-corrected chi connectivity index (χ1v) is 14.7. The molecule has 12 nitrogen and oxygen atoms in total. The van der Waals surface area contributed by atoms with Gasteiger partial charge in [0.1, 0.15) is 28.7 Å². The van der Waals surface area contributed by atoms with E-state index in [1.54, 1.807) is 23.6 Å². The van der Waals surface area contributed by atoms with Crippen molar-refractivity contribution in [3.8, 4) is 0 Å². The smallest absolute Gasteiger partial charge is 0.273 e. The first-order valence-electron chi connectivity index (χ1n) is 13.8. The standard InChI is InChI=1S/C30H31N7O5S/c1-18(2)25-29-35-23(17-43-29)27(40)33-21(14-19-8-4-3-5-9-19)28-34-22(16-42-28)26(39)32-12-13-37(15-24(38)36-25)30(41)20-10-6-7-11-31-20/h3-11,16-18,21,25H,12-15H2,1-2H3,(H,32,39)(H,33,40)(H,36,38)/t21-,25-/m0/s1. The Morgan fingerprint density at radius 3 is 2.56 bits per heavy atom.